The summed E-state index contributed by atoms with van der Waals surface area (Å²) in [7, 11) is 0. The summed E-state index contributed by atoms with van der Waals surface area (Å²) < 4.78 is 26.4. The molecular weight excluding hydrogens is 408 g/mol. The summed E-state index contributed by atoms with van der Waals surface area (Å²) in [5.74, 6) is -3.45. The Hall–Kier alpha value is -3.74. The average Bonchev–Trinajstić information content (AvgIpc) is 3.43. The van der Waals surface area contributed by atoms with Crippen LogP contribution in [0.3, 0.4) is 0 Å². The Morgan fingerprint density at radius 3 is 2.76 bits per heavy atom. The minimum Gasteiger partial charge on any atom is -0.347 e. The van der Waals surface area contributed by atoms with Crippen molar-refractivity contribution in [2.45, 2.75) is 5.54 Å². The van der Waals surface area contributed by atoms with Gasteiger partial charge in [0, 0.05) is 17.6 Å². The van der Waals surface area contributed by atoms with Crippen molar-refractivity contribution in [1.82, 2.24) is 35.9 Å². The topological polar surface area (TPSA) is 131 Å². The molecule has 1 atom stereocenters. The van der Waals surface area contributed by atoms with E-state index in [1.54, 1.807) is 5.38 Å². The van der Waals surface area contributed by atoms with Crippen molar-refractivity contribution in [1.29, 1.82) is 0 Å². The zero-order valence-corrected chi connectivity index (χ0v) is 15.2. The average molecular weight is 419 g/mol. The molecule has 13 heteroatoms. The summed E-state index contributed by atoms with van der Waals surface area (Å²) in [6.45, 7) is -0.283. The summed E-state index contributed by atoms with van der Waals surface area (Å²) >= 11 is 1.14. The summed E-state index contributed by atoms with van der Waals surface area (Å²) in [6, 6.07) is 2.33. The van der Waals surface area contributed by atoms with E-state index in [9.17, 15) is 23.2 Å². The maximum absolute atomic E-state index is 13.4. The number of rotatable bonds is 5. The first kappa shape index (κ1) is 18.6. The molecule has 0 radical (unpaired) electrons. The van der Waals surface area contributed by atoms with Gasteiger partial charge in [0.2, 0.25) is 0 Å². The largest absolute Gasteiger partial charge is 0.347 e. The molecule has 4 rings (SSSR count). The molecule has 1 aliphatic heterocycles. The third-order valence-corrected chi connectivity index (χ3v) is 5.05. The summed E-state index contributed by atoms with van der Waals surface area (Å²) in [4.78, 5) is 41.4. The highest BCUT2D eigenvalue weighted by Gasteiger charge is 2.50. The number of benzene rings is 1. The number of carbonyl (C=O) groups excluding carboxylic acids is 3. The van der Waals surface area contributed by atoms with Crippen molar-refractivity contribution in [3.05, 3.63) is 58.3 Å². The van der Waals surface area contributed by atoms with Crippen LogP contribution in [0.1, 0.15) is 15.5 Å². The molecule has 0 bridgehead atoms. The van der Waals surface area contributed by atoms with Gasteiger partial charge in [0.25, 0.3) is 11.8 Å². The van der Waals surface area contributed by atoms with E-state index in [2.05, 4.69) is 31.1 Å². The number of urea groups is 1. The number of amides is 4. The standard InChI is InChI=1S/C16H11F2N7O3S/c17-9-2-1-8(5-10(9)18)25-21-6-11(24-25)12(26)20-7-16(14-19-3-4-29-14)13(27)22-15(28)23-16/h1-6H,7H2,(H,20,26)(H2,22,23,27,28). The normalized spacial score (nSPS) is 18.4. The zero-order valence-electron chi connectivity index (χ0n) is 14.3. The second-order valence-electron chi connectivity index (χ2n) is 5.95. The quantitative estimate of drug-likeness (QED) is 0.515. The summed E-state index contributed by atoms with van der Waals surface area (Å²) in [5, 5.41) is 16.8. The van der Waals surface area contributed by atoms with Crippen LogP contribution < -0.4 is 16.0 Å². The van der Waals surface area contributed by atoms with Gasteiger partial charge in [-0.05, 0) is 12.1 Å². The molecule has 3 heterocycles. The highest BCUT2D eigenvalue weighted by molar-refractivity contribution is 7.09. The van der Waals surface area contributed by atoms with Gasteiger partial charge in [-0.3, -0.25) is 14.9 Å². The molecule has 1 aliphatic rings. The molecule has 1 aromatic carbocycles. The van der Waals surface area contributed by atoms with Gasteiger partial charge in [-0.2, -0.15) is 9.90 Å². The van der Waals surface area contributed by atoms with Crippen LogP contribution in [0.25, 0.3) is 5.69 Å². The van der Waals surface area contributed by atoms with Crippen molar-refractivity contribution in [3.63, 3.8) is 0 Å². The number of imide groups is 1. The first-order valence-electron chi connectivity index (χ1n) is 8.08. The van der Waals surface area contributed by atoms with Gasteiger partial charge < -0.3 is 10.6 Å². The molecule has 1 unspecified atom stereocenters. The first-order valence-corrected chi connectivity index (χ1v) is 8.96. The Morgan fingerprint density at radius 2 is 2.10 bits per heavy atom. The lowest BCUT2D eigenvalue weighted by atomic mass is 10.0. The van der Waals surface area contributed by atoms with Crippen LogP contribution >= 0.6 is 11.3 Å². The van der Waals surface area contributed by atoms with Gasteiger partial charge in [-0.15, -0.1) is 16.4 Å². The molecule has 29 heavy (non-hydrogen) atoms. The third-order valence-electron chi connectivity index (χ3n) is 4.11. The van der Waals surface area contributed by atoms with Crippen LogP contribution in [0.5, 0.6) is 0 Å². The highest BCUT2D eigenvalue weighted by Crippen LogP contribution is 2.26. The van der Waals surface area contributed by atoms with E-state index in [1.165, 1.54) is 12.3 Å². The lowest BCUT2D eigenvalue weighted by Crippen LogP contribution is -2.52. The van der Waals surface area contributed by atoms with Crippen LogP contribution in [0.15, 0.2) is 36.0 Å². The number of halogens is 2. The first-order chi connectivity index (χ1) is 13.9. The number of thiazole rings is 1. The number of nitrogens with zero attached hydrogens (tertiary/aromatic N) is 4. The van der Waals surface area contributed by atoms with Crippen molar-refractivity contribution in [3.8, 4) is 5.69 Å². The van der Waals surface area contributed by atoms with Crippen LogP contribution in [0, 0.1) is 11.6 Å². The second kappa shape index (κ2) is 7.01. The molecular formula is C16H11F2N7O3S. The van der Waals surface area contributed by atoms with E-state index >= 15 is 0 Å². The molecule has 1 saturated heterocycles. The second-order valence-corrected chi connectivity index (χ2v) is 6.85. The molecule has 10 nitrogen and oxygen atoms in total. The number of nitrogens with one attached hydrogen (secondary N) is 3. The van der Waals surface area contributed by atoms with Crippen LogP contribution in [-0.4, -0.2) is 44.4 Å². The molecule has 3 aromatic rings. The van der Waals surface area contributed by atoms with Crippen LogP contribution in [0.2, 0.25) is 0 Å². The number of aromatic nitrogens is 4. The highest BCUT2D eigenvalue weighted by atomic mass is 32.1. The van der Waals surface area contributed by atoms with Crippen LogP contribution in [0.4, 0.5) is 13.6 Å². The fourth-order valence-electron chi connectivity index (χ4n) is 2.68. The van der Waals surface area contributed by atoms with E-state index < -0.39 is 35.0 Å². The Kier molecular flexibility index (Phi) is 4.50. The van der Waals surface area contributed by atoms with Gasteiger partial charge >= 0.3 is 6.03 Å². The van der Waals surface area contributed by atoms with Crippen molar-refractivity contribution in [2.24, 2.45) is 0 Å². The van der Waals surface area contributed by atoms with E-state index in [4.69, 9.17) is 0 Å². The molecule has 0 spiro atoms. The Balaban J connectivity index is 1.52. The van der Waals surface area contributed by atoms with Gasteiger partial charge in [0.15, 0.2) is 22.9 Å². The van der Waals surface area contributed by atoms with Crippen molar-refractivity contribution in [2.75, 3.05) is 6.54 Å². The molecule has 0 saturated carbocycles. The Labute approximate surface area is 164 Å². The molecule has 3 N–H and O–H groups in total. The number of hydrogen-bond acceptors (Lipinski definition) is 7. The molecule has 2 aromatic heterocycles. The lowest BCUT2D eigenvalue weighted by molar-refractivity contribution is -0.124. The maximum Gasteiger partial charge on any atom is 0.322 e. The smallest absolute Gasteiger partial charge is 0.322 e. The Morgan fingerprint density at radius 1 is 1.28 bits per heavy atom. The lowest BCUT2D eigenvalue weighted by Gasteiger charge is -2.23. The van der Waals surface area contributed by atoms with Crippen molar-refractivity contribution < 1.29 is 23.2 Å². The van der Waals surface area contributed by atoms with E-state index in [1.807, 2.05) is 0 Å². The van der Waals surface area contributed by atoms with Gasteiger partial charge in [0.05, 0.1) is 18.4 Å². The van der Waals surface area contributed by atoms with Gasteiger partial charge in [-0.25, -0.2) is 18.6 Å². The number of carbonyl (C=O) groups is 3. The van der Waals surface area contributed by atoms with Crippen LogP contribution in [-0.2, 0) is 10.3 Å². The minimum atomic E-state index is -1.54. The fraction of sp³-hybridized carbons (Fsp3) is 0.125. The van der Waals surface area contributed by atoms with E-state index in [0.29, 0.717) is 5.01 Å². The predicted molar refractivity (Wildman–Crippen MR) is 94.1 cm³/mol. The SMILES string of the molecule is O=C1NC(=O)C(CNC(=O)c2cnn(-c3ccc(F)c(F)c3)n2)(c2nccs2)N1. The molecule has 0 aliphatic carbocycles. The Bertz CT molecular complexity index is 1120. The monoisotopic (exact) mass is 419 g/mol. The number of hydrogen-bond donors (Lipinski definition) is 3. The summed E-state index contributed by atoms with van der Waals surface area (Å²) in [5.41, 5.74) is -1.56. The third kappa shape index (κ3) is 3.31. The molecule has 4 amide bonds. The fourth-order valence-corrected chi connectivity index (χ4v) is 3.47. The van der Waals surface area contributed by atoms with Crippen molar-refractivity contribution >= 4 is 29.2 Å². The predicted octanol–water partition coefficient (Wildman–Crippen LogP) is 0.467. The van der Waals surface area contributed by atoms with E-state index in [-0.39, 0.29) is 17.9 Å². The van der Waals surface area contributed by atoms with Gasteiger partial charge in [0.1, 0.15) is 5.01 Å². The van der Waals surface area contributed by atoms with E-state index in [0.717, 1.165) is 34.5 Å². The molecule has 1 fully saturated rings. The molecule has 148 valence electrons. The summed E-state index contributed by atoms with van der Waals surface area (Å²) in [6.07, 6.45) is 2.59. The maximum atomic E-state index is 13.4. The zero-order chi connectivity index (χ0) is 20.6. The minimum absolute atomic E-state index is 0.115. The van der Waals surface area contributed by atoms with Gasteiger partial charge in [-0.1, -0.05) is 0 Å².